The minimum absolute atomic E-state index is 0.0828. The van der Waals surface area contributed by atoms with E-state index in [1.54, 1.807) is 0 Å². The van der Waals surface area contributed by atoms with Gasteiger partial charge in [0, 0.05) is 37.8 Å². The number of hydrogen-bond acceptors (Lipinski definition) is 4. The highest BCUT2D eigenvalue weighted by Gasteiger charge is 2.21. The number of piperazine rings is 1. The zero-order valence-electron chi connectivity index (χ0n) is 14.6. The molecule has 0 unspecified atom stereocenters. The normalized spacial score (nSPS) is 22.5. The lowest BCUT2D eigenvalue weighted by Crippen LogP contribution is -2.52. The van der Waals surface area contributed by atoms with Gasteiger partial charge in [-0.3, -0.25) is 9.69 Å². The number of benzene rings is 1. The average Bonchev–Trinajstić information content (AvgIpc) is 3.09. The number of hydrogen-bond donors (Lipinski definition) is 2. The second-order valence-corrected chi connectivity index (χ2v) is 6.93. The molecule has 132 valence electrons. The van der Waals surface area contributed by atoms with E-state index in [2.05, 4.69) is 22.5 Å². The van der Waals surface area contributed by atoms with Crippen LogP contribution in [-0.2, 0) is 11.3 Å². The third-order valence-electron chi connectivity index (χ3n) is 5.03. The molecule has 1 aliphatic carbocycles. The van der Waals surface area contributed by atoms with Gasteiger partial charge in [-0.1, -0.05) is 18.2 Å². The number of ether oxygens (including phenoxy) is 1. The summed E-state index contributed by atoms with van der Waals surface area (Å²) in [4.78, 5) is 14.5. The summed E-state index contributed by atoms with van der Waals surface area (Å²) in [5, 5.41) is 6.40. The molecule has 1 saturated heterocycles. The number of nitrogens with one attached hydrogen (secondary N) is 2. The second-order valence-electron chi connectivity index (χ2n) is 6.93. The van der Waals surface area contributed by atoms with E-state index in [0.29, 0.717) is 25.2 Å². The molecule has 0 aromatic heterocycles. The van der Waals surface area contributed by atoms with Crippen molar-refractivity contribution in [2.45, 2.75) is 51.3 Å². The highest BCUT2D eigenvalue weighted by Crippen LogP contribution is 2.26. The average molecular weight is 331 g/mol. The Morgan fingerprint density at radius 1 is 1.33 bits per heavy atom. The van der Waals surface area contributed by atoms with E-state index < -0.39 is 0 Å². The SMILES string of the molecule is C[C@@H]1CNCCN1CC(=O)NCc1ccccc1OC1CCCC1. The van der Waals surface area contributed by atoms with E-state index in [-0.39, 0.29) is 5.91 Å². The van der Waals surface area contributed by atoms with E-state index in [9.17, 15) is 4.79 Å². The first-order valence-corrected chi connectivity index (χ1v) is 9.18. The molecule has 5 nitrogen and oxygen atoms in total. The van der Waals surface area contributed by atoms with Crippen molar-refractivity contribution in [3.05, 3.63) is 29.8 Å². The first kappa shape index (κ1) is 17.2. The van der Waals surface area contributed by atoms with Crippen LogP contribution in [0.4, 0.5) is 0 Å². The van der Waals surface area contributed by atoms with Crippen molar-refractivity contribution in [1.82, 2.24) is 15.5 Å². The Balaban J connectivity index is 1.51. The molecule has 0 spiro atoms. The Morgan fingerprint density at radius 2 is 2.12 bits per heavy atom. The molecule has 1 aliphatic heterocycles. The fourth-order valence-corrected chi connectivity index (χ4v) is 3.50. The first-order valence-electron chi connectivity index (χ1n) is 9.18. The van der Waals surface area contributed by atoms with Crippen LogP contribution in [0, 0.1) is 0 Å². The van der Waals surface area contributed by atoms with Crippen molar-refractivity contribution in [2.75, 3.05) is 26.2 Å². The van der Waals surface area contributed by atoms with Crippen molar-refractivity contribution < 1.29 is 9.53 Å². The molecule has 1 atom stereocenters. The van der Waals surface area contributed by atoms with Gasteiger partial charge in [-0.25, -0.2) is 0 Å². The molecule has 5 heteroatoms. The van der Waals surface area contributed by atoms with Crippen LogP contribution < -0.4 is 15.4 Å². The van der Waals surface area contributed by atoms with Crippen molar-refractivity contribution in [1.29, 1.82) is 0 Å². The van der Waals surface area contributed by atoms with Gasteiger partial charge in [-0.15, -0.1) is 0 Å². The molecule has 0 radical (unpaired) electrons. The summed E-state index contributed by atoms with van der Waals surface area (Å²) in [6.45, 7) is 5.98. The molecule has 3 rings (SSSR count). The molecule has 1 saturated carbocycles. The van der Waals surface area contributed by atoms with Crippen molar-refractivity contribution in [2.24, 2.45) is 0 Å². The molecule has 1 amide bonds. The summed E-state index contributed by atoms with van der Waals surface area (Å²) >= 11 is 0. The summed E-state index contributed by atoms with van der Waals surface area (Å²) in [5.41, 5.74) is 1.06. The van der Waals surface area contributed by atoms with Crippen LogP contribution in [0.3, 0.4) is 0 Å². The maximum absolute atomic E-state index is 12.3. The van der Waals surface area contributed by atoms with Gasteiger partial charge in [0.2, 0.25) is 5.91 Å². The smallest absolute Gasteiger partial charge is 0.234 e. The zero-order chi connectivity index (χ0) is 16.8. The number of nitrogens with zero attached hydrogens (tertiary/aromatic N) is 1. The fourth-order valence-electron chi connectivity index (χ4n) is 3.50. The van der Waals surface area contributed by atoms with Gasteiger partial charge in [-0.05, 0) is 38.7 Å². The molecular formula is C19H29N3O2. The third-order valence-corrected chi connectivity index (χ3v) is 5.03. The van der Waals surface area contributed by atoms with Crippen LogP contribution in [-0.4, -0.2) is 49.1 Å². The van der Waals surface area contributed by atoms with Gasteiger partial charge in [0.25, 0.3) is 0 Å². The van der Waals surface area contributed by atoms with Crippen LogP contribution in [0.1, 0.15) is 38.2 Å². The molecule has 2 aliphatic rings. The molecule has 1 aromatic carbocycles. The number of amides is 1. The summed E-state index contributed by atoms with van der Waals surface area (Å²) in [6.07, 6.45) is 5.13. The minimum Gasteiger partial charge on any atom is -0.490 e. The van der Waals surface area contributed by atoms with E-state index >= 15 is 0 Å². The summed E-state index contributed by atoms with van der Waals surface area (Å²) in [5.74, 6) is 1.000. The predicted octanol–water partition coefficient (Wildman–Crippen LogP) is 1.92. The molecule has 2 N–H and O–H groups in total. The fraction of sp³-hybridized carbons (Fsp3) is 0.632. The Bertz CT molecular complexity index is 543. The van der Waals surface area contributed by atoms with Crippen LogP contribution in [0.25, 0.3) is 0 Å². The van der Waals surface area contributed by atoms with Crippen molar-refractivity contribution in [3.8, 4) is 5.75 Å². The van der Waals surface area contributed by atoms with E-state index in [1.807, 2.05) is 24.3 Å². The third kappa shape index (κ3) is 4.71. The maximum atomic E-state index is 12.3. The van der Waals surface area contributed by atoms with Crippen molar-refractivity contribution >= 4 is 5.91 Å². The lowest BCUT2D eigenvalue weighted by molar-refractivity contribution is -0.123. The predicted molar refractivity (Wildman–Crippen MR) is 95.1 cm³/mol. The van der Waals surface area contributed by atoms with E-state index in [0.717, 1.165) is 43.8 Å². The number of carbonyl (C=O) groups excluding carboxylic acids is 1. The highest BCUT2D eigenvalue weighted by molar-refractivity contribution is 5.78. The molecule has 1 aromatic rings. The van der Waals surface area contributed by atoms with Crippen molar-refractivity contribution in [3.63, 3.8) is 0 Å². The van der Waals surface area contributed by atoms with Gasteiger partial charge in [0.15, 0.2) is 0 Å². The molecule has 0 bridgehead atoms. The second kappa shape index (κ2) is 8.49. The largest absolute Gasteiger partial charge is 0.490 e. The summed E-state index contributed by atoms with van der Waals surface area (Å²) in [7, 11) is 0. The number of carbonyl (C=O) groups is 1. The lowest BCUT2D eigenvalue weighted by Gasteiger charge is -2.33. The standard InChI is InChI=1S/C19H29N3O2/c1-15-12-20-10-11-22(15)14-19(23)21-13-16-6-2-5-9-18(16)24-17-7-3-4-8-17/h2,5-6,9,15,17,20H,3-4,7-8,10-14H2,1H3,(H,21,23)/t15-/m1/s1. The summed E-state index contributed by atoms with van der Waals surface area (Å²) < 4.78 is 6.14. The van der Waals surface area contributed by atoms with Crippen LogP contribution in [0.15, 0.2) is 24.3 Å². The monoisotopic (exact) mass is 331 g/mol. The van der Waals surface area contributed by atoms with Gasteiger partial charge < -0.3 is 15.4 Å². The molecular weight excluding hydrogens is 302 g/mol. The highest BCUT2D eigenvalue weighted by atomic mass is 16.5. The lowest BCUT2D eigenvalue weighted by atomic mass is 10.2. The topological polar surface area (TPSA) is 53.6 Å². The van der Waals surface area contributed by atoms with Gasteiger partial charge in [0.1, 0.15) is 5.75 Å². The van der Waals surface area contributed by atoms with E-state index in [1.165, 1.54) is 12.8 Å². The zero-order valence-corrected chi connectivity index (χ0v) is 14.6. The summed E-state index contributed by atoms with van der Waals surface area (Å²) in [6, 6.07) is 8.46. The van der Waals surface area contributed by atoms with Crippen LogP contribution >= 0.6 is 0 Å². The van der Waals surface area contributed by atoms with Crippen LogP contribution in [0.5, 0.6) is 5.75 Å². The number of rotatable bonds is 6. The maximum Gasteiger partial charge on any atom is 0.234 e. The Hall–Kier alpha value is -1.59. The minimum atomic E-state index is 0.0828. The first-order chi connectivity index (χ1) is 11.7. The Morgan fingerprint density at radius 3 is 2.92 bits per heavy atom. The van der Waals surface area contributed by atoms with Gasteiger partial charge in [-0.2, -0.15) is 0 Å². The van der Waals surface area contributed by atoms with Gasteiger partial charge >= 0.3 is 0 Å². The van der Waals surface area contributed by atoms with Crippen LogP contribution in [0.2, 0.25) is 0 Å². The molecule has 1 heterocycles. The Labute approximate surface area is 144 Å². The number of para-hydroxylation sites is 1. The molecule has 24 heavy (non-hydrogen) atoms. The van der Waals surface area contributed by atoms with Gasteiger partial charge in [0.05, 0.1) is 12.6 Å². The quantitative estimate of drug-likeness (QED) is 0.836. The Kier molecular flexibility index (Phi) is 6.10. The molecule has 2 fully saturated rings. The van der Waals surface area contributed by atoms with E-state index in [4.69, 9.17) is 4.74 Å².